The van der Waals surface area contributed by atoms with Crippen LogP contribution in [-0.2, 0) is 34.2 Å². The number of amides is 1. The highest BCUT2D eigenvalue weighted by Gasteiger charge is 2.23. The average Bonchev–Trinajstić information content (AvgIpc) is 3.10. The number of nitrogens with one attached hydrogen (secondary N) is 1. The zero-order valence-electron chi connectivity index (χ0n) is 15.3. The van der Waals surface area contributed by atoms with Gasteiger partial charge in [-0.3, -0.25) is 9.52 Å². The minimum Gasteiger partial charge on any atom is -0.338 e. The van der Waals surface area contributed by atoms with Crippen LogP contribution in [0.3, 0.4) is 0 Å². The molecule has 0 unspecified atom stereocenters. The minimum atomic E-state index is -3.58. The maximum atomic E-state index is 12.6. The molecule has 26 heavy (non-hydrogen) atoms. The zero-order valence-corrected chi connectivity index (χ0v) is 16.9. The molecular formula is C19H24N2O3S2. The maximum Gasteiger partial charge on any atom is 0.271 e. The topological polar surface area (TPSA) is 66.5 Å². The van der Waals surface area contributed by atoms with Crippen LogP contribution in [0.4, 0.5) is 5.69 Å². The monoisotopic (exact) mass is 392 g/mol. The number of carbonyl (C=O) groups excluding carboxylic acids is 1. The lowest BCUT2D eigenvalue weighted by Gasteiger charge is -2.30. The smallest absolute Gasteiger partial charge is 0.271 e. The summed E-state index contributed by atoms with van der Waals surface area (Å²) in [7, 11) is -3.58. The van der Waals surface area contributed by atoms with Gasteiger partial charge in [0.05, 0.1) is 0 Å². The number of aryl methyl sites for hydroxylation is 1. The summed E-state index contributed by atoms with van der Waals surface area (Å²) < 4.78 is 28.2. The van der Waals surface area contributed by atoms with Crippen LogP contribution in [0.1, 0.15) is 36.8 Å². The number of benzene rings is 1. The molecule has 2 heterocycles. The Labute approximate surface area is 159 Å². The highest BCUT2D eigenvalue weighted by Crippen LogP contribution is 2.27. The first-order valence-corrected chi connectivity index (χ1v) is 11.1. The van der Waals surface area contributed by atoms with E-state index in [9.17, 15) is 13.2 Å². The Balaban J connectivity index is 1.80. The number of fused-ring (bicyclic) bond motifs is 1. The molecule has 2 aromatic rings. The van der Waals surface area contributed by atoms with Crippen molar-refractivity contribution in [2.75, 3.05) is 11.3 Å². The summed E-state index contributed by atoms with van der Waals surface area (Å²) in [4.78, 5) is 15.1. The fourth-order valence-electron chi connectivity index (χ4n) is 3.07. The van der Waals surface area contributed by atoms with Crippen LogP contribution in [-0.4, -0.2) is 25.8 Å². The molecule has 1 aromatic heterocycles. The molecule has 0 aliphatic carbocycles. The minimum absolute atomic E-state index is 0.0372. The van der Waals surface area contributed by atoms with E-state index < -0.39 is 10.0 Å². The number of anilines is 1. The maximum absolute atomic E-state index is 12.6. The van der Waals surface area contributed by atoms with E-state index in [1.165, 1.54) is 16.9 Å². The van der Waals surface area contributed by atoms with E-state index in [1.807, 2.05) is 43.9 Å². The third-order valence-electron chi connectivity index (χ3n) is 4.53. The van der Waals surface area contributed by atoms with Gasteiger partial charge in [-0.1, -0.05) is 26.8 Å². The molecule has 7 heteroatoms. The Morgan fingerprint density at radius 2 is 2.00 bits per heavy atom. The Kier molecular flexibility index (Phi) is 5.39. The highest BCUT2D eigenvalue weighted by atomic mass is 32.2. The molecule has 5 nitrogen and oxygen atoms in total. The predicted octanol–water partition coefficient (Wildman–Crippen LogP) is 3.65. The van der Waals surface area contributed by atoms with Gasteiger partial charge in [0.2, 0.25) is 5.91 Å². The van der Waals surface area contributed by atoms with Gasteiger partial charge < -0.3 is 4.90 Å². The van der Waals surface area contributed by atoms with Gasteiger partial charge in [0.15, 0.2) is 0 Å². The van der Waals surface area contributed by atoms with Crippen molar-refractivity contribution in [1.82, 2.24) is 4.90 Å². The second kappa shape index (κ2) is 7.40. The number of hydrogen-bond donors (Lipinski definition) is 1. The second-order valence-corrected chi connectivity index (χ2v) is 9.91. The molecule has 0 atom stereocenters. The molecule has 1 aromatic carbocycles. The molecule has 1 amide bonds. The van der Waals surface area contributed by atoms with Crippen LogP contribution in [0, 0.1) is 5.92 Å². The normalized spacial score (nSPS) is 14.4. The SMILES string of the molecule is CCc1ccc(S(=O)(=O)Nc2ccc3c(c2)CN(C(=O)C(C)C)CC3)s1. The molecule has 0 fully saturated rings. The number of rotatable bonds is 5. The van der Waals surface area contributed by atoms with Crippen LogP contribution >= 0.6 is 11.3 Å². The van der Waals surface area contributed by atoms with E-state index in [4.69, 9.17) is 0 Å². The van der Waals surface area contributed by atoms with E-state index in [0.29, 0.717) is 23.0 Å². The third-order valence-corrected chi connectivity index (χ3v) is 7.63. The lowest BCUT2D eigenvalue weighted by molar-refractivity contribution is -0.135. The number of hydrogen-bond acceptors (Lipinski definition) is 4. The largest absolute Gasteiger partial charge is 0.338 e. The van der Waals surface area contributed by atoms with Crippen molar-refractivity contribution in [3.05, 3.63) is 46.3 Å². The Morgan fingerprint density at radius 3 is 2.65 bits per heavy atom. The van der Waals surface area contributed by atoms with Gasteiger partial charge in [-0.15, -0.1) is 11.3 Å². The summed E-state index contributed by atoms with van der Waals surface area (Å²) in [5.41, 5.74) is 2.71. The summed E-state index contributed by atoms with van der Waals surface area (Å²) in [6, 6.07) is 9.09. The van der Waals surface area contributed by atoms with Crippen LogP contribution in [0.15, 0.2) is 34.5 Å². The molecule has 0 saturated heterocycles. The van der Waals surface area contributed by atoms with Crippen LogP contribution < -0.4 is 4.72 Å². The van der Waals surface area contributed by atoms with Crippen LogP contribution in [0.25, 0.3) is 0 Å². The second-order valence-electron chi connectivity index (χ2n) is 6.83. The number of sulfonamides is 1. The van der Waals surface area contributed by atoms with Gasteiger partial charge in [-0.25, -0.2) is 8.42 Å². The van der Waals surface area contributed by atoms with Crippen LogP contribution in [0.2, 0.25) is 0 Å². The third kappa shape index (κ3) is 3.94. The van der Waals surface area contributed by atoms with Gasteiger partial charge in [0.1, 0.15) is 4.21 Å². The Bertz CT molecular complexity index is 917. The van der Waals surface area contributed by atoms with Crippen molar-refractivity contribution in [2.24, 2.45) is 5.92 Å². The van der Waals surface area contributed by atoms with E-state index in [0.717, 1.165) is 23.3 Å². The molecule has 140 valence electrons. The molecule has 1 N–H and O–H groups in total. The fraction of sp³-hybridized carbons (Fsp3) is 0.421. The Hall–Kier alpha value is -1.86. The Morgan fingerprint density at radius 1 is 1.23 bits per heavy atom. The first kappa shape index (κ1) is 18.9. The molecule has 0 bridgehead atoms. The molecule has 0 saturated carbocycles. The van der Waals surface area contributed by atoms with E-state index in [1.54, 1.807) is 12.1 Å². The molecular weight excluding hydrogens is 368 g/mol. The summed E-state index contributed by atoms with van der Waals surface area (Å²) in [6.07, 6.45) is 1.62. The number of thiophene rings is 1. The van der Waals surface area contributed by atoms with Crippen molar-refractivity contribution in [3.63, 3.8) is 0 Å². The lowest BCUT2D eigenvalue weighted by Crippen LogP contribution is -2.38. The zero-order chi connectivity index (χ0) is 18.9. The van der Waals surface area contributed by atoms with Crippen molar-refractivity contribution in [2.45, 2.75) is 44.4 Å². The summed E-state index contributed by atoms with van der Waals surface area (Å²) in [6.45, 7) is 7.04. The van der Waals surface area contributed by atoms with Gasteiger partial charge in [0, 0.05) is 29.6 Å². The summed E-state index contributed by atoms with van der Waals surface area (Å²) in [5.74, 6) is 0.0946. The number of nitrogens with zero attached hydrogens (tertiary/aromatic N) is 1. The van der Waals surface area contributed by atoms with E-state index >= 15 is 0 Å². The molecule has 0 radical (unpaired) electrons. The number of carbonyl (C=O) groups is 1. The summed E-state index contributed by atoms with van der Waals surface area (Å²) >= 11 is 1.29. The van der Waals surface area contributed by atoms with Crippen molar-refractivity contribution >= 4 is 33.0 Å². The van der Waals surface area contributed by atoms with E-state index in [2.05, 4.69) is 4.72 Å². The fourth-order valence-corrected chi connectivity index (χ4v) is 5.42. The lowest BCUT2D eigenvalue weighted by atomic mass is 9.98. The quantitative estimate of drug-likeness (QED) is 0.845. The standard InChI is InChI=1S/C19H24N2O3S2/c1-4-17-7-8-18(25-17)26(23,24)20-16-6-5-14-9-10-21(12-15(14)11-16)19(22)13(2)3/h5-8,11,13,20H,4,9-10,12H2,1-3H3. The summed E-state index contributed by atoms with van der Waals surface area (Å²) in [5, 5.41) is 0. The van der Waals surface area contributed by atoms with Gasteiger partial charge in [0.25, 0.3) is 10.0 Å². The molecule has 1 aliphatic rings. The first-order chi connectivity index (χ1) is 12.3. The van der Waals surface area contributed by atoms with Gasteiger partial charge in [-0.05, 0) is 48.2 Å². The molecule has 1 aliphatic heterocycles. The van der Waals surface area contributed by atoms with E-state index in [-0.39, 0.29) is 11.8 Å². The molecule has 3 rings (SSSR count). The van der Waals surface area contributed by atoms with Crippen molar-refractivity contribution in [1.29, 1.82) is 0 Å². The molecule has 0 spiro atoms. The van der Waals surface area contributed by atoms with Gasteiger partial charge in [-0.2, -0.15) is 0 Å². The van der Waals surface area contributed by atoms with Crippen molar-refractivity contribution < 1.29 is 13.2 Å². The van der Waals surface area contributed by atoms with Crippen LogP contribution in [0.5, 0.6) is 0 Å². The highest BCUT2D eigenvalue weighted by molar-refractivity contribution is 7.94. The first-order valence-electron chi connectivity index (χ1n) is 8.82. The van der Waals surface area contributed by atoms with Crippen molar-refractivity contribution in [3.8, 4) is 0 Å². The average molecular weight is 393 g/mol. The van der Waals surface area contributed by atoms with Gasteiger partial charge >= 0.3 is 0 Å². The predicted molar refractivity (Wildman–Crippen MR) is 105 cm³/mol.